The first-order valence-corrected chi connectivity index (χ1v) is 11.7. The maximum absolute atomic E-state index is 10.8. The van der Waals surface area contributed by atoms with Crippen molar-refractivity contribution < 1.29 is 29.0 Å². The Balaban J connectivity index is 0.000000516. The lowest BCUT2D eigenvalue weighted by Gasteiger charge is -2.07. The molecule has 0 fully saturated rings. The van der Waals surface area contributed by atoms with Gasteiger partial charge in [0.25, 0.3) is 5.69 Å². The Morgan fingerprint density at radius 1 is 0.868 bits per heavy atom. The number of benzene rings is 3. The Hall–Kier alpha value is -4.31. The van der Waals surface area contributed by atoms with Crippen molar-refractivity contribution in [3.63, 3.8) is 0 Å². The lowest BCUT2D eigenvalue weighted by Crippen LogP contribution is -2.07. The van der Waals surface area contributed by atoms with Crippen LogP contribution in [-0.2, 0) is 4.79 Å². The molecule has 0 atom stereocenters. The zero-order valence-electron chi connectivity index (χ0n) is 23.3. The number of aryl methyl sites for hydroxylation is 3. The number of nitrogen functional groups attached to an aromatic ring is 1. The van der Waals surface area contributed by atoms with Gasteiger partial charge in [-0.25, -0.2) is 0 Å². The van der Waals surface area contributed by atoms with E-state index in [1.165, 1.54) is 20.1 Å². The molecule has 0 radical (unpaired) electrons. The van der Waals surface area contributed by atoms with E-state index >= 15 is 0 Å². The summed E-state index contributed by atoms with van der Waals surface area (Å²) >= 11 is 0. The fourth-order valence-corrected chi connectivity index (χ4v) is 2.71. The molecule has 0 aliphatic heterocycles. The van der Waals surface area contributed by atoms with E-state index in [9.17, 15) is 14.9 Å². The molecule has 10 heteroatoms. The second-order valence-corrected chi connectivity index (χ2v) is 7.81. The molecule has 0 aliphatic rings. The lowest BCUT2D eigenvalue weighted by atomic mass is 10.2. The molecule has 38 heavy (non-hydrogen) atoms. The quantitative estimate of drug-likeness (QED) is 0.224. The predicted octanol–water partition coefficient (Wildman–Crippen LogP) is 5.46. The van der Waals surface area contributed by atoms with E-state index in [1.807, 2.05) is 44.2 Å². The van der Waals surface area contributed by atoms with Gasteiger partial charge in [-0.05, 0) is 63.1 Å². The van der Waals surface area contributed by atoms with Crippen molar-refractivity contribution in [2.45, 2.75) is 34.6 Å². The number of hydrogen-bond acceptors (Lipinski definition) is 8. The van der Waals surface area contributed by atoms with E-state index in [1.54, 1.807) is 46.3 Å². The van der Waals surface area contributed by atoms with E-state index < -0.39 is 4.92 Å². The number of nitro benzene ring substituents is 1. The SMILES string of the molecule is CCO.COc1ccc(C)c(N)c1.COc1ccc(C)c(NC(C)=O)c1.COc1ccc(C)c([N+](=O)[O-])c1. The predicted molar refractivity (Wildman–Crippen MR) is 151 cm³/mol. The molecule has 0 heterocycles. The molecule has 0 aromatic heterocycles. The van der Waals surface area contributed by atoms with Crippen LogP contribution in [-0.4, -0.2) is 43.9 Å². The minimum atomic E-state index is -0.419. The van der Waals surface area contributed by atoms with Gasteiger partial charge in [-0.1, -0.05) is 12.1 Å². The highest BCUT2D eigenvalue weighted by Crippen LogP contribution is 2.23. The number of ether oxygens (including phenoxy) is 3. The van der Waals surface area contributed by atoms with Gasteiger partial charge in [0.15, 0.2) is 0 Å². The van der Waals surface area contributed by atoms with Crippen molar-refractivity contribution in [3.8, 4) is 17.2 Å². The first kappa shape index (κ1) is 33.7. The number of nitrogens with zero attached hydrogens (tertiary/aromatic N) is 1. The minimum absolute atomic E-state index is 0.0728. The molecule has 0 saturated heterocycles. The molecule has 0 unspecified atom stereocenters. The van der Waals surface area contributed by atoms with Crippen LogP contribution in [0.25, 0.3) is 0 Å². The maximum atomic E-state index is 10.8. The molecule has 3 rings (SSSR count). The van der Waals surface area contributed by atoms with Crippen LogP contribution >= 0.6 is 0 Å². The summed E-state index contributed by atoms with van der Waals surface area (Å²) in [5, 5.41) is 20.7. The minimum Gasteiger partial charge on any atom is -0.497 e. The fourth-order valence-electron chi connectivity index (χ4n) is 2.71. The van der Waals surface area contributed by atoms with Crippen molar-refractivity contribution in [2.75, 3.05) is 39.0 Å². The number of aliphatic hydroxyl groups is 1. The van der Waals surface area contributed by atoms with Gasteiger partial charge in [-0.2, -0.15) is 0 Å². The zero-order valence-corrected chi connectivity index (χ0v) is 23.3. The first-order chi connectivity index (χ1) is 17.9. The summed E-state index contributed by atoms with van der Waals surface area (Å²) in [6.07, 6.45) is 0. The average molecular weight is 530 g/mol. The number of nitro groups is 1. The van der Waals surface area contributed by atoms with Crippen molar-refractivity contribution in [2.24, 2.45) is 0 Å². The molecular formula is C28H39N3O7. The average Bonchev–Trinajstić information content (AvgIpc) is 2.88. The van der Waals surface area contributed by atoms with E-state index in [0.717, 1.165) is 34.0 Å². The molecule has 3 aromatic carbocycles. The summed E-state index contributed by atoms with van der Waals surface area (Å²) in [4.78, 5) is 20.8. The first-order valence-electron chi connectivity index (χ1n) is 11.7. The summed E-state index contributed by atoms with van der Waals surface area (Å²) in [6.45, 7) is 9.01. The normalized spacial score (nSPS) is 9.18. The smallest absolute Gasteiger partial charge is 0.275 e. The molecule has 3 aromatic rings. The highest BCUT2D eigenvalue weighted by atomic mass is 16.6. The van der Waals surface area contributed by atoms with Crippen LogP contribution in [0.3, 0.4) is 0 Å². The number of hydrogen-bond donors (Lipinski definition) is 3. The van der Waals surface area contributed by atoms with Gasteiger partial charge in [0.1, 0.15) is 17.2 Å². The van der Waals surface area contributed by atoms with E-state index in [0.29, 0.717) is 11.3 Å². The third kappa shape index (κ3) is 12.6. The molecule has 10 nitrogen and oxygen atoms in total. The Labute approximate surface area is 224 Å². The molecule has 208 valence electrons. The lowest BCUT2D eigenvalue weighted by molar-refractivity contribution is -0.385. The molecule has 0 spiro atoms. The zero-order chi connectivity index (χ0) is 29.3. The Morgan fingerprint density at radius 3 is 1.71 bits per heavy atom. The largest absolute Gasteiger partial charge is 0.497 e. The van der Waals surface area contributed by atoms with Gasteiger partial charge in [0, 0.05) is 42.6 Å². The van der Waals surface area contributed by atoms with Crippen LogP contribution < -0.4 is 25.3 Å². The topological polar surface area (TPSA) is 146 Å². The Morgan fingerprint density at radius 2 is 1.29 bits per heavy atom. The van der Waals surface area contributed by atoms with Crippen LogP contribution in [0.15, 0.2) is 54.6 Å². The molecular weight excluding hydrogens is 490 g/mol. The summed E-state index contributed by atoms with van der Waals surface area (Å²) < 4.78 is 14.9. The van der Waals surface area contributed by atoms with Crippen molar-refractivity contribution in [1.29, 1.82) is 0 Å². The monoisotopic (exact) mass is 529 g/mol. The molecule has 0 aliphatic carbocycles. The number of nitrogens with two attached hydrogens (primary N) is 1. The number of rotatable bonds is 5. The third-order valence-corrected chi connectivity index (χ3v) is 4.85. The standard InChI is InChI=1S/C10H13NO2.C8H9NO3.C8H11NO.C2H6O/c1-7-4-5-9(13-3)6-10(7)11-8(2)12;1-6-3-4-7(12-2)5-8(6)9(10)11;1-6-3-4-7(10-2)5-8(6)9;1-2-3/h4-6H,1-3H3,(H,11,12);3-5H,1-2H3;3-5H,9H2,1-2H3;3H,2H2,1H3. The van der Waals surface area contributed by atoms with Gasteiger partial charge in [0.2, 0.25) is 5.91 Å². The summed E-state index contributed by atoms with van der Waals surface area (Å²) in [5.41, 5.74) is 10.0. The van der Waals surface area contributed by atoms with Crippen LogP contribution in [0, 0.1) is 30.9 Å². The number of methoxy groups -OCH3 is 3. The number of anilines is 2. The van der Waals surface area contributed by atoms with E-state index in [4.69, 9.17) is 25.1 Å². The second kappa shape index (κ2) is 18.0. The van der Waals surface area contributed by atoms with Gasteiger partial charge in [-0.15, -0.1) is 0 Å². The molecule has 1 amide bonds. The highest BCUT2D eigenvalue weighted by Gasteiger charge is 2.10. The van der Waals surface area contributed by atoms with Gasteiger partial charge in [-0.3, -0.25) is 14.9 Å². The summed E-state index contributed by atoms with van der Waals surface area (Å²) in [5.74, 6) is 1.99. The Kier molecular flexibility index (Phi) is 16.0. The van der Waals surface area contributed by atoms with Crippen molar-refractivity contribution >= 4 is 23.0 Å². The maximum Gasteiger partial charge on any atom is 0.275 e. The fraction of sp³-hybridized carbons (Fsp3) is 0.321. The number of carbonyl (C=O) groups is 1. The molecule has 0 saturated carbocycles. The third-order valence-electron chi connectivity index (χ3n) is 4.85. The number of carbonyl (C=O) groups excluding carboxylic acids is 1. The van der Waals surface area contributed by atoms with Crippen LogP contribution in [0.2, 0.25) is 0 Å². The van der Waals surface area contributed by atoms with Gasteiger partial charge in [0.05, 0.1) is 32.3 Å². The number of nitrogens with one attached hydrogen (secondary N) is 1. The summed E-state index contributed by atoms with van der Waals surface area (Å²) in [6, 6.07) is 16.0. The van der Waals surface area contributed by atoms with E-state index in [-0.39, 0.29) is 18.2 Å². The summed E-state index contributed by atoms with van der Waals surface area (Å²) in [7, 11) is 4.71. The number of amides is 1. The van der Waals surface area contributed by atoms with Crippen molar-refractivity contribution in [1.82, 2.24) is 0 Å². The van der Waals surface area contributed by atoms with Crippen LogP contribution in [0.1, 0.15) is 30.5 Å². The Bertz CT molecular complexity index is 1170. The van der Waals surface area contributed by atoms with Crippen molar-refractivity contribution in [3.05, 3.63) is 81.4 Å². The molecule has 4 N–H and O–H groups in total. The highest BCUT2D eigenvalue weighted by molar-refractivity contribution is 5.89. The number of aliphatic hydroxyl groups excluding tert-OH is 1. The molecule has 0 bridgehead atoms. The van der Waals surface area contributed by atoms with E-state index in [2.05, 4.69) is 5.32 Å². The van der Waals surface area contributed by atoms with Gasteiger partial charge < -0.3 is 30.4 Å². The van der Waals surface area contributed by atoms with Crippen LogP contribution in [0.5, 0.6) is 17.2 Å². The second-order valence-electron chi connectivity index (χ2n) is 7.81. The van der Waals surface area contributed by atoms with Gasteiger partial charge >= 0.3 is 0 Å². The van der Waals surface area contributed by atoms with Crippen LogP contribution in [0.4, 0.5) is 17.1 Å².